The van der Waals surface area contributed by atoms with Crippen LogP contribution < -0.4 is 5.32 Å². The molecular formula is C25H27ClFN3O. The molecule has 0 bridgehead atoms. The van der Waals surface area contributed by atoms with E-state index in [0.29, 0.717) is 28.1 Å². The molecule has 3 aliphatic rings. The minimum atomic E-state index is -0.167. The SMILES string of the molecule is O/N=C(\Nc1ccc(Cl)cc1)C1CCC2(CC1)CC(C1CC=Nc3ccc(F)cc31)C2. The third-order valence-electron chi connectivity index (χ3n) is 7.60. The fourth-order valence-electron chi connectivity index (χ4n) is 5.92. The number of fused-ring (bicyclic) bond motifs is 1. The molecule has 2 aromatic carbocycles. The zero-order valence-corrected chi connectivity index (χ0v) is 18.2. The highest BCUT2D eigenvalue weighted by Crippen LogP contribution is 2.60. The van der Waals surface area contributed by atoms with Gasteiger partial charge in [0.2, 0.25) is 0 Å². The molecule has 4 nitrogen and oxygen atoms in total. The molecule has 2 N–H and O–H groups in total. The summed E-state index contributed by atoms with van der Waals surface area (Å²) in [5.74, 6) is 1.69. The maximum atomic E-state index is 13.8. The Hall–Kier alpha value is -2.40. The second kappa shape index (κ2) is 8.27. The largest absolute Gasteiger partial charge is 0.409 e. The minimum Gasteiger partial charge on any atom is -0.409 e. The Morgan fingerprint density at radius 2 is 1.87 bits per heavy atom. The number of aliphatic imine (C=N–C) groups is 1. The van der Waals surface area contributed by atoms with Crippen LogP contribution in [0.3, 0.4) is 0 Å². The highest BCUT2D eigenvalue weighted by Gasteiger charge is 2.49. The molecule has 0 aromatic heterocycles. The zero-order chi connectivity index (χ0) is 21.4. The topological polar surface area (TPSA) is 57.0 Å². The summed E-state index contributed by atoms with van der Waals surface area (Å²) in [6.07, 6.45) is 9.63. The summed E-state index contributed by atoms with van der Waals surface area (Å²) in [6, 6.07) is 12.4. The molecule has 2 aromatic rings. The molecule has 1 spiro atoms. The number of hydrogen-bond donors (Lipinski definition) is 2. The van der Waals surface area contributed by atoms with Gasteiger partial charge in [-0.05, 0) is 110 Å². The fourth-order valence-corrected chi connectivity index (χ4v) is 6.04. The van der Waals surface area contributed by atoms with Crippen LogP contribution in [0.15, 0.2) is 52.6 Å². The molecule has 5 rings (SSSR count). The van der Waals surface area contributed by atoms with Crippen molar-refractivity contribution in [2.75, 3.05) is 5.32 Å². The van der Waals surface area contributed by atoms with E-state index < -0.39 is 0 Å². The average Bonchev–Trinajstić information content (AvgIpc) is 2.77. The van der Waals surface area contributed by atoms with E-state index in [4.69, 9.17) is 11.6 Å². The van der Waals surface area contributed by atoms with Gasteiger partial charge in [-0.1, -0.05) is 16.8 Å². The molecule has 2 aliphatic carbocycles. The molecule has 1 atom stereocenters. The van der Waals surface area contributed by atoms with E-state index in [-0.39, 0.29) is 11.7 Å². The molecule has 1 unspecified atom stereocenters. The average molecular weight is 440 g/mol. The number of nitrogens with zero attached hydrogens (tertiary/aromatic N) is 2. The fraction of sp³-hybridized carbons (Fsp3) is 0.440. The lowest BCUT2D eigenvalue weighted by Gasteiger charge is -2.54. The number of hydrogen-bond acceptors (Lipinski definition) is 3. The molecular weight excluding hydrogens is 413 g/mol. The van der Waals surface area contributed by atoms with Crippen LogP contribution in [0.4, 0.5) is 15.8 Å². The van der Waals surface area contributed by atoms with Crippen molar-refractivity contribution in [3.63, 3.8) is 0 Å². The van der Waals surface area contributed by atoms with Crippen molar-refractivity contribution < 1.29 is 9.60 Å². The molecule has 162 valence electrons. The monoisotopic (exact) mass is 439 g/mol. The Kier molecular flexibility index (Phi) is 5.47. The predicted molar refractivity (Wildman–Crippen MR) is 123 cm³/mol. The van der Waals surface area contributed by atoms with E-state index in [2.05, 4.69) is 15.5 Å². The molecule has 2 fully saturated rings. The van der Waals surface area contributed by atoms with Gasteiger partial charge in [0.05, 0.1) is 5.69 Å². The van der Waals surface area contributed by atoms with E-state index in [1.165, 1.54) is 18.9 Å². The first-order valence-corrected chi connectivity index (χ1v) is 11.5. The first kappa shape index (κ1) is 20.5. The van der Waals surface area contributed by atoms with Crippen molar-refractivity contribution in [3.05, 3.63) is 58.9 Å². The van der Waals surface area contributed by atoms with Crippen LogP contribution in [0, 0.1) is 23.1 Å². The molecule has 2 saturated carbocycles. The second-order valence-electron chi connectivity index (χ2n) is 9.42. The number of amidine groups is 1. The van der Waals surface area contributed by atoms with Crippen molar-refractivity contribution in [2.45, 2.75) is 50.9 Å². The van der Waals surface area contributed by atoms with Gasteiger partial charge < -0.3 is 10.5 Å². The Labute approximate surface area is 187 Å². The molecule has 1 aliphatic heterocycles. The van der Waals surface area contributed by atoms with Crippen LogP contribution in [0.2, 0.25) is 5.02 Å². The van der Waals surface area contributed by atoms with Gasteiger partial charge in [-0.2, -0.15) is 0 Å². The van der Waals surface area contributed by atoms with Crippen LogP contribution >= 0.6 is 11.6 Å². The highest BCUT2D eigenvalue weighted by atomic mass is 35.5. The molecule has 1 heterocycles. The Morgan fingerprint density at radius 1 is 1.13 bits per heavy atom. The molecule has 31 heavy (non-hydrogen) atoms. The Bertz CT molecular complexity index is 1000. The summed E-state index contributed by atoms with van der Waals surface area (Å²) in [5.41, 5.74) is 3.28. The number of benzene rings is 2. The lowest BCUT2D eigenvalue weighted by atomic mass is 9.51. The summed E-state index contributed by atoms with van der Waals surface area (Å²) >= 11 is 5.95. The molecule has 0 amide bonds. The summed E-state index contributed by atoms with van der Waals surface area (Å²) < 4.78 is 13.8. The number of anilines is 1. The van der Waals surface area contributed by atoms with Crippen molar-refractivity contribution in [1.82, 2.24) is 0 Å². The van der Waals surface area contributed by atoms with Gasteiger partial charge >= 0.3 is 0 Å². The summed E-state index contributed by atoms with van der Waals surface area (Å²) in [5, 5.41) is 17.1. The van der Waals surface area contributed by atoms with Crippen molar-refractivity contribution in [1.29, 1.82) is 0 Å². The van der Waals surface area contributed by atoms with Crippen LogP contribution in [-0.4, -0.2) is 17.3 Å². The smallest absolute Gasteiger partial charge is 0.149 e. The lowest BCUT2D eigenvalue weighted by Crippen LogP contribution is -2.44. The predicted octanol–water partition coefficient (Wildman–Crippen LogP) is 7.16. The Morgan fingerprint density at radius 3 is 2.58 bits per heavy atom. The Balaban J connectivity index is 1.19. The molecule has 0 radical (unpaired) electrons. The number of oxime groups is 1. The van der Waals surface area contributed by atoms with Crippen LogP contribution in [-0.2, 0) is 0 Å². The minimum absolute atomic E-state index is 0.167. The molecule has 0 saturated heterocycles. The van der Waals surface area contributed by atoms with Crippen molar-refractivity contribution in [2.24, 2.45) is 27.4 Å². The van der Waals surface area contributed by atoms with E-state index in [0.717, 1.165) is 49.0 Å². The van der Waals surface area contributed by atoms with Gasteiger partial charge in [-0.3, -0.25) is 4.99 Å². The third kappa shape index (κ3) is 4.08. The number of nitrogens with one attached hydrogen (secondary N) is 1. The van der Waals surface area contributed by atoms with E-state index in [1.54, 1.807) is 12.1 Å². The molecule has 6 heteroatoms. The maximum Gasteiger partial charge on any atom is 0.149 e. The first-order valence-electron chi connectivity index (χ1n) is 11.1. The lowest BCUT2D eigenvalue weighted by molar-refractivity contribution is -0.00447. The van der Waals surface area contributed by atoms with Gasteiger partial charge in [0.1, 0.15) is 11.7 Å². The standard InChI is InChI=1S/C25H27ClFN3O/c26-18-1-4-20(5-2-18)29-24(30-31)16-7-10-25(11-8-16)14-17(15-25)21-9-12-28-23-6-3-19(27)13-22(21)23/h1-6,12-13,16-17,21,31H,7-11,14-15H2,(H,29,30). The van der Waals surface area contributed by atoms with Gasteiger partial charge in [0.15, 0.2) is 0 Å². The number of rotatable bonds is 3. The first-order chi connectivity index (χ1) is 15.0. The van der Waals surface area contributed by atoms with Crippen LogP contribution in [0.25, 0.3) is 0 Å². The van der Waals surface area contributed by atoms with Crippen molar-refractivity contribution in [3.8, 4) is 0 Å². The zero-order valence-electron chi connectivity index (χ0n) is 17.4. The summed E-state index contributed by atoms with van der Waals surface area (Å²) in [6.45, 7) is 0. The van der Waals surface area contributed by atoms with E-state index in [1.807, 2.05) is 30.5 Å². The van der Waals surface area contributed by atoms with Crippen LogP contribution in [0.1, 0.15) is 56.4 Å². The quantitative estimate of drug-likeness (QED) is 0.231. The number of halogens is 2. The van der Waals surface area contributed by atoms with E-state index >= 15 is 0 Å². The normalized spacial score (nSPS) is 30.0. The van der Waals surface area contributed by atoms with Gasteiger partial charge in [-0.25, -0.2) is 4.39 Å². The van der Waals surface area contributed by atoms with Crippen molar-refractivity contribution >= 4 is 35.0 Å². The maximum absolute atomic E-state index is 13.8. The van der Waals surface area contributed by atoms with E-state index in [9.17, 15) is 9.60 Å². The van der Waals surface area contributed by atoms with Gasteiger partial charge in [0, 0.05) is 22.8 Å². The summed E-state index contributed by atoms with van der Waals surface area (Å²) in [4.78, 5) is 4.46. The highest BCUT2D eigenvalue weighted by molar-refractivity contribution is 6.30. The van der Waals surface area contributed by atoms with Crippen LogP contribution in [0.5, 0.6) is 0 Å². The third-order valence-corrected chi connectivity index (χ3v) is 7.85. The summed E-state index contributed by atoms with van der Waals surface area (Å²) in [7, 11) is 0. The van der Waals surface area contributed by atoms with Gasteiger partial charge in [-0.15, -0.1) is 0 Å². The van der Waals surface area contributed by atoms with Gasteiger partial charge in [0.25, 0.3) is 0 Å². The second-order valence-corrected chi connectivity index (χ2v) is 9.85.